The maximum Gasteiger partial charge on any atom is 0.244 e. The molecule has 1 amide bonds. The van der Waals surface area contributed by atoms with Crippen LogP contribution in [0.5, 0.6) is 0 Å². The molecule has 29 heavy (non-hydrogen) atoms. The summed E-state index contributed by atoms with van der Waals surface area (Å²) in [7, 11) is -3.45. The fourth-order valence-electron chi connectivity index (χ4n) is 3.29. The number of rotatable bonds is 6. The molecule has 1 aromatic carbocycles. The topological polar surface area (TPSA) is 79.4 Å². The monoisotopic (exact) mass is 413 g/mol. The summed E-state index contributed by atoms with van der Waals surface area (Å²) in [6, 6.07) is 10.5. The summed E-state index contributed by atoms with van der Waals surface area (Å²) in [4.78, 5) is 16.6. The van der Waals surface area contributed by atoms with Crippen molar-refractivity contribution < 1.29 is 13.2 Å². The zero-order chi connectivity index (χ0) is 20.7. The number of benzene rings is 1. The number of aromatic nitrogens is 1. The molecular formula is C22H27N3O3S. The van der Waals surface area contributed by atoms with E-state index < -0.39 is 10.0 Å². The molecule has 2 heterocycles. The standard InChI is InChI=1S/C22H27N3O3S/c1-18-7-6-14-23-21(18)17-24-22(26)13-10-19-8-11-20(12-9-19)29(27,28)25-15-4-2-3-5-16-25/h6-14H,2-5,15-17H2,1H3,(H,24,26). The molecule has 154 valence electrons. The van der Waals surface area contributed by atoms with Gasteiger partial charge in [0.25, 0.3) is 0 Å². The molecule has 7 heteroatoms. The molecule has 0 bridgehead atoms. The van der Waals surface area contributed by atoms with Gasteiger partial charge >= 0.3 is 0 Å². The van der Waals surface area contributed by atoms with Crippen molar-refractivity contribution in [3.63, 3.8) is 0 Å². The first-order valence-corrected chi connectivity index (χ1v) is 11.4. The summed E-state index contributed by atoms with van der Waals surface area (Å²) in [6.07, 6.45) is 8.79. The lowest BCUT2D eigenvalue weighted by Crippen LogP contribution is -2.31. The van der Waals surface area contributed by atoms with Gasteiger partial charge in [-0.15, -0.1) is 0 Å². The minimum Gasteiger partial charge on any atom is -0.347 e. The number of nitrogens with zero attached hydrogens (tertiary/aromatic N) is 2. The van der Waals surface area contributed by atoms with E-state index in [1.807, 2.05) is 19.1 Å². The number of hydrogen-bond donors (Lipinski definition) is 1. The maximum absolute atomic E-state index is 12.8. The highest BCUT2D eigenvalue weighted by Gasteiger charge is 2.24. The predicted molar refractivity (Wildman–Crippen MR) is 114 cm³/mol. The average Bonchev–Trinajstić information content (AvgIpc) is 3.02. The highest BCUT2D eigenvalue weighted by atomic mass is 32.2. The maximum atomic E-state index is 12.8. The number of carbonyl (C=O) groups is 1. The molecule has 0 aliphatic carbocycles. The van der Waals surface area contributed by atoms with Gasteiger partial charge in [-0.1, -0.05) is 31.0 Å². The van der Waals surface area contributed by atoms with Crippen molar-refractivity contribution in [2.24, 2.45) is 0 Å². The Morgan fingerprint density at radius 1 is 1.10 bits per heavy atom. The van der Waals surface area contributed by atoms with Crippen LogP contribution in [0.2, 0.25) is 0 Å². The number of hydrogen-bond acceptors (Lipinski definition) is 4. The molecule has 3 rings (SSSR count). The Hall–Kier alpha value is -2.51. The molecule has 1 saturated heterocycles. The zero-order valence-electron chi connectivity index (χ0n) is 16.7. The van der Waals surface area contributed by atoms with Crippen molar-refractivity contribution in [2.75, 3.05) is 13.1 Å². The Morgan fingerprint density at radius 3 is 2.45 bits per heavy atom. The fourth-order valence-corrected chi connectivity index (χ4v) is 4.80. The first kappa shape index (κ1) is 21.2. The summed E-state index contributed by atoms with van der Waals surface area (Å²) in [5.74, 6) is -0.226. The molecule has 0 radical (unpaired) electrons. The fraction of sp³-hybridized carbons (Fsp3) is 0.364. The van der Waals surface area contributed by atoms with E-state index >= 15 is 0 Å². The summed E-state index contributed by atoms with van der Waals surface area (Å²) in [6.45, 7) is 3.48. The summed E-state index contributed by atoms with van der Waals surface area (Å²) in [5, 5.41) is 2.80. The number of nitrogens with one attached hydrogen (secondary N) is 1. The van der Waals surface area contributed by atoms with Gasteiger partial charge in [0.15, 0.2) is 0 Å². The second-order valence-corrected chi connectivity index (χ2v) is 9.14. The molecular weight excluding hydrogens is 386 g/mol. The second kappa shape index (κ2) is 9.80. The smallest absolute Gasteiger partial charge is 0.244 e. The van der Waals surface area contributed by atoms with Crippen molar-refractivity contribution in [3.8, 4) is 0 Å². The minimum atomic E-state index is -3.45. The normalized spacial score (nSPS) is 15.9. The van der Waals surface area contributed by atoms with Crippen molar-refractivity contribution in [2.45, 2.75) is 44.0 Å². The van der Waals surface area contributed by atoms with Gasteiger partial charge in [-0.3, -0.25) is 9.78 Å². The molecule has 1 N–H and O–H groups in total. The number of carbonyl (C=O) groups excluding carboxylic acids is 1. The van der Waals surface area contributed by atoms with Crippen LogP contribution in [-0.2, 0) is 21.4 Å². The Balaban J connectivity index is 1.59. The van der Waals surface area contributed by atoms with Crippen LogP contribution in [0.25, 0.3) is 6.08 Å². The average molecular weight is 414 g/mol. The largest absolute Gasteiger partial charge is 0.347 e. The van der Waals surface area contributed by atoms with Gasteiger partial charge < -0.3 is 5.32 Å². The predicted octanol–water partition coefficient (Wildman–Crippen LogP) is 3.28. The molecule has 1 aliphatic heterocycles. The lowest BCUT2D eigenvalue weighted by Gasteiger charge is -2.19. The van der Waals surface area contributed by atoms with Crippen LogP contribution in [-0.4, -0.2) is 36.7 Å². The van der Waals surface area contributed by atoms with Crippen LogP contribution in [0.3, 0.4) is 0 Å². The zero-order valence-corrected chi connectivity index (χ0v) is 17.5. The van der Waals surface area contributed by atoms with E-state index in [0.717, 1.165) is 42.5 Å². The van der Waals surface area contributed by atoms with E-state index in [-0.39, 0.29) is 5.91 Å². The molecule has 2 aromatic rings. The third kappa shape index (κ3) is 5.74. The van der Waals surface area contributed by atoms with E-state index in [9.17, 15) is 13.2 Å². The van der Waals surface area contributed by atoms with Crippen LogP contribution < -0.4 is 5.32 Å². The van der Waals surface area contributed by atoms with Crippen LogP contribution in [0, 0.1) is 6.92 Å². The van der Waals surface area contributed by atoms with Crippen molar-refractivity contribution >= 4 is 22.0 Å². The van der Waals surface area contributed by atoms with E-state index in [1.165, 1.54) is 6.08 Å². The molecule has 1 aromatic heterocycles. The lowest BCUT2D eigenvalue weighted by molar-refractivity contribution is -0.116. The summed E-state index contributed by atoms with van der Waals surface area (Å²) < 4.78 is 27.2. The molecule has 0 spiro atoms. The quantitative estimate of drug-likeness (QED) is 0.737. The van der Waals surface area contributed by atoms with Gasteiger partial charge in [0.05, 0.1) is 17.1 Å². The molecule has 1 aliphatic rings. The number of pyridine rings is 1. The van der Waals surface area contributed by atoms with E-state index in [0.29, 0.717) is 24.5 Å². The minimum absolute atomic E-state index is 0.226. The molecule has 6 nitrogen and oxygen atoms in total. The Labute approximate surface area is 172 Å². The van der Waals surface area contributed by atoms with Gasteiger partial charge in [-0.05, 0) is 55.2 Å². The van der Waals surface area contributed by atoms with Crippen molar-refractivity contribution in [3.05, 3.63) is 65.5 Å². The number of aryl methyl sites for hydroxylation is 1. The SMILES string of the molecule is Cc1cccnc1CNC(=O)C=Cc1ccc(S(=O)(=O)N2CCCCCC2)cc1. The second-order valence-electron chi connectivity index (χ2n) is 7.21. The first-order chi connectivity index (χ1) is 14.0. The molecule has 1 fully saturated rings. The van der Waals surface area contributed by atoms with E-state index in [4.69, 9.17) is 0 Å². The van der Waals surface area contributed by atoms with Gasteiger partial charge in [0, 0.05) is 25.4 Å². The molecule has 0 unspecified atom stereocenters. The third-order valence-corrected chi connectivity index (χ3v) is 6.97. The highest BCUT2D eigenvalue weighted by molar-refractivity contribution is 7.89. The van der Waals surface area contributed by atoms with Crippen LogP contribution in [0.15, 0.2) is 53.6 Å². The molecule has 0 atom stereocenters. The van der Waals surface area contributed by atoms with Crippen LogP contribution in [0.4, 0.5) is 0 Å². The Morgan fingerprint density at radius 2 is 1.79 bits per heavy atom. The Kier molecular flexibility index (Phi) is 7.17. The van der Waals surface area contributed by atoms with Crippen LogP contribution >= 0.6 is 0 Å². The highest BCUT2D eigenvalue weighted by Crippen LogP contribution is 2.21. The summed E-state index contributed by atoms with van der Waals surface area (Å²) >= 11 is 0. The number of amides is 1. The van der Waals surface area contributed by atoms with Gasteiger partial charge in [-0.2, -0.15) is 4.31 Å². The first-order valence-electron chi connectivity index (χ1n) is 9.93. The third-order valence-electron chi connectivity index (χ3n) is 5.06. The van der Waals surface area contributed by atoms with Gasteiger partial charge in [0.2, 0.25) is 15.9 Å². The molecule has 0 saturated carbocycles. The van der Waals surface area contributed by atoms with Gasteiger partial charge in [0.1, 0.15) is 0 Å². The van der Waals surface area contributed by atoms with Crippen LogP contribution in [0.1, 0.15) is 42.5 Å². The Bertz CT molecular complexity index is 961. The summed E-state index contributed by atoms with van der Waals surface area (Å²) in [5.41, 5.74) is 2.62. The van der Waals surface area contributed by atoms with E-state index in [2.05, 4.69) is 10.3 Å². The lowest BCUT2D eigenvalue weighted by atomic mass is 10.2. The number of sulfonamides is 1. The van der Waals surface area contributed by atoms with Crippen molar-refractivity contribution in [1.29, 1.82) is 0 Å². The van der Waals surface area contributed by atoms with E-state index in [1.54, 1.807) is 40.8 Å². The van der Waals surface area contributed by atoms with Gasteiger partial charge in [-0.25, -0.2) is 8.42 Å². The van der Waals surface area contributed by atoms with Crippen molar-refractivity contribution in [1.82, 2.24) is 14.6 Å².